The fourth-order valence-corrected chi connectivity index (χ4v) is 2.97. The SMILES string of the molecule is CCC(C)(C)C(C)n1c(C)c(C)c(=O)c2[c-][n]([Ga])nc21.[Rb+]. The molecule has 0 saturated heterocycles. The second-order valence-corrected chi connectivity index (χ2v) is 7.21. The average Bonchev–Trinajstić information content (AvgIpc) is 2.77. The summed E-state index contributed by atoms with van der Waals surface area (Å²) in [7, 11) is 0. The maximum Gasteiger partial charge on any atom is 1.00 e. The Morgan fingerprint density at radius 3 is 2.48 bits per heavy atom. The molecule has 0 aliphatic rings. The Labute approximate surface area is 185 Å². The summed E-state index contributed by atoms with van der Waals surface area (Å²) < 4.78 is 3.88. The van der Waals surface area contributed by atoms with Gasteiger partial charge in [0.15, 0.2) is 0 Å². The Morgan fingerprint density at radius 2 is 1.95 bits per heavy atom. The maximum absolute atomic E-state index is 12.4. The molecule has 0 bridgehead atoms. The average molecular weight is 415 g/mol. The molecule has 4 nitrogen and oxygen atoms in total. The van der Waals surface area contributed by atoms with Crippen LogP contribution < -0.4 is 63.6 Å². The minimum atomic E-state index is 0. The van der Waals surface area contributed by atoms with E-state index >= 15 is 0 Å². The molecule has 6 heteroatoms. The predicted octanol–water partition coefficient (Wildman–Crippen LogP) is -0.452. The van der Waals surface area contributed by atoms with Gasteiger partial charge >= 0.3 is 188 Å². The first-order chi connectivity index (χ1) is 9.20. The monoisotopic (exact) mass is 413 g/mol. The molecule has 106 valence electrons. The van der Waals surface area contributed by atoms with Crippen molar-refractivity contribution in [3.63, 3.8) is 0 Å². The summed E-state index contributed by atoms with van der Waals surface area (Å²) >= 11 is 1.33. The minimum Gasteiger partial charge on any atom is 1.00 e. The summed E-state index contributed by atoms with van der Waals surface area (Å²) in [6.45, 7) is 12.8. The Hall–Kier alpha value is 0.862. The van der Waals surface area contributed by atoms with Crippen molar-refractivity contribution in [3.05, 3.63) is 27.7 Å². The van der Waals surface area contributed by atoms with Crippen LogP contribution in [-0.4, -0.2) is 31.9 Å². The van der Waals surface area contributed by atoms with Crippen molar-refractivity contribution in [2.75, 3.05) is 0 Å². The summed E-state index contributed by atoms with van der Waals surface area (Å²) in [5.74, 6) is 0. The van der Waals surface area contributed by atoms with Crippen LogP contribution in [0.2, 0.25) is 0 Å². The van der Waals surface area contributed by atoms with Crippen LogP contribution >= 0.6 is 0 Å². The molecule has 0 saturated carbocycles. The minimum absolute atomic E-state index is 0. The molecule has 1 unspecified atom stereocenters. The van der Waals surface area contributed by atoms with Gasteiger partial charge in [-0.1, -0.05) is 0 Å². The van der Waals surface area contributed by atoms with E-state index in [9.17, 15) is 4.79 Å². The number of nitrogens with zero attached hydrogens (tertiary/aromatic N) is 3. The van der Waals surface area contributed by atoms with E-state index in [4.69, 9.17) is 0 Å². The van der Waals surface area contributed by atoms with E-state index in [1.54, 1.807) is 3.39 Å². The maximum atomic E-state index is 12.4. The van der Waals surface area contributed by atoms with Gasteiger partial charge in [-0.15, -0.1) is 0 Å². The summed E-state index contributed by atoms with van der Waals surface area (Å²) in [5.41, 5.74) is 2.77. The Kier molecular flexibility index (Phi) is 6.80. The van der Waals surface area contributed by atoms with Gasteiger partial charge in [0.25, 0.3) is 0 Å². The summed E-state index contributed by atoms with van der Waals surface area (Å²) in [4.78, 5) is 12.4. The van der Waals surface area contributed by atoms with E-state index < -0.39 is 0 Å². The fourth-order valence-electron chi connectivity index (χ4n) is 2.47. The van der Waals surface area contributed by atoms with Gasteiger partial charge in [0, 0.05) is 0 Å². The topological polar surface area (TPSA) is 39.8 Å². The molecule has 2 aromatic heterocycles. The van der Waals surface area contributed by atoms with Crippen LogP contribution in [0.5, 0.6) is 0 Å². The van der Waals surface area contributed by atoms with Crippen LogP contribution in [-0.2, 0) is 0 Å². The zero-order valence-corrected chi connectivity index (χ0v) is 21.5. The van der Waals surface area contributed by atoms with Crippen molar-refractivity contribution < 1.29 is 58.2 Å². The molecule has 0 aliphatic carbocycles. The Balaban J connectivity index is 0.00000220. The van der Waals surface area contributed by atoms with E-state index in [0.29, 0.717) is 5.39 Å². The Bertz CT molecular complexity index is 718. The molecule has 0 spiro atoms. The molecule has 2 rings (SSSR count). The quantitative estimate of drug-likeness (QED) is 0.504. The van der Waals surface area contributed by atoms with Crippen molar-refractivity contribution in [1.82, 2.24) is 13.1 Å². The first-order valence-electron chi connectivity index (χ1n) is 6.99. The fraction of sp³-hybridized carbons (Fsp3) is 0.600. The zero-order valence-electron chi connectivity index (χ0n) is 14.1. The number of pyridine rings is 1. The molecule has 0 aliphatic heterocycles. The third kappa shape index (κ3) is 3.53. The summed E-state index contributed by atoms with van der Waals surface area (Å²) in [5, 5.41) is 5.10. The summed E-state index contributed by atoms with van der Waals surface area (Å²) in [6, 6.07) is 0.269. The normalized spacial score (nSPS) is 13.2. The predicted molar refractivity (Wildman–Crippen MR) is 82.2 cm³/mol. The molecule has 2 aromatic rings. The third-order valence-corrected chi connectivity index (χ3v) is 5.29. The summed E-state index contributed by atoms with van der Waals surface area (Å²) in [6.07, 6.45) is 4.13. The van der Waals surface area contributed by atoms with Crippen molar-refractivity contribution in [1.29, 1.82) is 0 Å². The standard InChI is InChI=1S/C15H21N3O.Ga.Rb/c1-7-15(5,6)11(4)18-10(3)9(2)13(19)12-8-16-17-14(12)18;;/h11H,7H2,1-6H3;;/q-2;2*+1. The third-order valence-electron chi connectivity index (χ3n) is 4.78. The van der Waals surface area contributed by atoms with Crippen molar-refractivity contribution in [3.8, 4) is 0 Å². The molecule has 0 fully saturated rings. The van der Waals surface area contributed by atoms with Gasteiger partial charge in [0.1, 0.15) is 0 Å². The molecular formula is C15H21GaN3ORb. The smallest absolute Gasteiger partial charge is 1.00 e. The van der Waals surface area contributed by atoms with Crippen LogP contribution in [0.25, 0.3) is 11.0 Å². The van der Waals surface area contributed by atoms with Crippen LogP contribution in [0.1, 0.15) is 51.4 Å². The van der Waals surface area contributed by atoms with Crippen LogP contribution in [0, 0.1) is 25.5 Å². The number of hydrogen-bond acceptors (Lipinski definition) is 2. The second kappa shape index (κ2) is 7.18. The van der Waals surface area contributed by atoms with Gasteiger partial charge in [0.05, 0.1) is 0 Å². The van der Waals surface area contributed by atoms with Crippen LogP contribution in [0.3, 0.4) is 0 Å². The van der Waals surface area contributed by atoms with Crippen molar-refractivity contribution >= 4 is 29.9 Å². The van der Waals surface area contributed by atoms with Crippen LogP contribution in [0.4, 0.5) is 0 Å². The van der Waals surface area contributed by atoms with Crippen molar-refractivity contribution in [2.45, 2.75) is 54.0 Å². The van der Waals surface area contributed by atoms with Gasteiger partial charge in [-0.2, -0.15) is 0 Å². The largest absolute Gasteiger partial charge is 1.00 e. The Morgan fingerprint density at radius 1 is 1.38 bits per heavy atom. The molecule has 2 heterocycles. The van der Waals surface area contributed by atoms with E-state index in [0.717, 1.165) is 23.3 Å². The van der Waals surface area contributed by atoms with E-state index in [-0.39, 0.29) is 75.1 Å². The van der Waals surface area contributed by atoms with Gasteiger partial charge in [0.2, 0.25) is 0 Å². The van der Waals surface area contributed by atoms with Gasteiger partial charge in [-0.3, -0.25) is 0 Å². The molecule has 21 heavy (non-hydrogen) atoms. The number of fused-ring (bicyclic) bond motifs is 1. The van der Waals surface area contributed by atoms with Crippen molar-refractivity contribution in [2.24, 2.45) is 5.41 Å². The van der Waals surface area contributed by atoms with Gasteiger partial charge < -0.3 is 0 Å². The van der Waals surface area contributed by atoms with Gasteiger partial charge in [-0.05, 0) is 0 Å². The molecule has 2 radical (unpaired) electrons. The molecule has 0 amide bonds. The van der Waals surface area contributed by atoms with E-state index in [2.05, 4.69) is 43.6 Å². The molecule has 0 aromatic carbocycles. The second-order valence-electron chi connectivity index (χ2n) is 6.18. The molecule has 1 atom stereocenters. The number of hydrogen-bond donors (Lipinski definition) is 0. The van der Waals surface area contributed by atoms with Gasteiger partial charge in [-0.25, -0.2) is 0 Å². The van der Waals surface area contributed by atoms with Crippen LogP contribution in [0.15, 0.2) is 4.79 Å². The first kappa shape index (κ1) is 19.9. The molecular weight excluding hydrogens is 393 g/mol. The molecule has 0 N–H and O–H groups in total. The first-order valence-corrected chi connectivity index (χ1v) is 8.08. The van der Waals surface area contributed by atoms with E-state index in [1.807, 2.05) is 13.8 Å². The number of rotatable bonds is 3. The van der Waals surface area contributed by atoms with E-state index in [1.165, 1.54) is 18.8 Å². The zero-order chi connectivity index (χ0) is 15.2. The number of aromatic nitrogens is 3.